The van der Waals surface area contributed by atoms with E-state index in [0.29, 0.717) is 24.6 Å². The van der Waals surface area contributed by atoms with Gasteiger partial charge in [0.05, 0.1) is 19.6 Å². The molecule has 27 heavy (non-hydrogen) atoms. The molecule has 0 atom stereocenters. The highest BCUT2D eigenvalue weighted by molar-refractivity contribution is 5.93. The van der Waals surface area contributed by atoms with Crippen LogP contribution in [0, 0.1) is 5.92 Å². The smallest absolute Gasteiger partial charge is 0.411 e. The Morgan fingerprint density at radius 3 is 2.30 bits per heavy atom. The van der Waals surface area contributed by atoms with E-state index in [1.165, 1.54) is 0 Å². The summed E-state index contributed by atoms with van der Waals surface area (Å²) in [6.07, 6.45) is -0.262. The van der Waals surface area contributed by atoms with Crippen molar-refractivity contribution in [1.29, 1.82) is 0 Å². The van der Waals surface area contributed by atoms with Gasteiger partial charge in [-0.15, -0.1) is 0 Å². The molecular weight excluding hydrogens is 344 g/mol. The van der Waals surface area contributed by atoms with E-state index in [2.05, 4.69) is 10.6 Å². The lowest BCUT2D eigenvalue weighted by Gasteiger charge is -2.10. The van der Waals surface area contributed by atoms with Crippen molar-refractivity contribution in [2.75, 3.05) is 23.8 Å². The van der Waals surface area contributed by atoms with Crippen LogP contribution in [-0.4, -0.2) is 25.2 Å². The first-order valence-corrected chi connectivity index (χ1v) is 9.01. The summed E-state index contributed by atoms with van der Waals surface area (Å²) < 4.78 is 10.5. The molecule has 2 N–H and O–H groups in total. The molecule has 2 aromatic carbocycles. The molecule has 2 aromatic rings. The van der Waals surface area contributed by atoms with Crippen molar-refractivity contribution in [3.05, 3.63) is 54.1 Å². The van der Waals surface area contributed by atoms with Gasteiger partial charge in [0, 0.05) is 11.4 Å². The Morgan fingerprint density at radius 2 is 1.67 bits per heavy atom. The molecule has 0 bridgehead atoms. The zero-order valence-electron chi connectivity index (χ0n) is 16.0. The van der Waals surface area contributed by atoms with Crippen molar-refractivity contribution in [2.45, 2.75) is 27.2 Å². The second kappa shape index (κ2) is 10.2. The summed E-state index contributed by atoms with van der Waals surface area (Å²) in [5, 5.41) is 5.48. The summed E-state index contributed by atoms with van der Waals surface area (Å²) in [4.78, 5) is 24.0. The molecule has 0 aliphatic carbocycles. The molecule has 2 rings (SSSR count). The van der Waals surface area contributed by atoms with Gasteiger partial charge in [0.1, 0.15) is 5.75 Å². The third-order valence-corrected chi connectivity index (χ3v) is 3.54. The molecule has 0 spiro atoms. The lowest BCUT2D eigenvalue weighted by atomic mass is 10.1. The molecule has 0 saturated heterocycles. The summed E-state index contributed by atoms with van der Waals surface area (Å²) in [5.74, 6) is 0.910. The summed E-state index contributed by atoms with van der Waals surface area (Å²) in [6, 6.07) is 14.4. The number of ether oxygens (including phenoxy) is 2. The molecule has 0 aliphatic rings. The molecule has 0 heterocycles. The van der Waals surface area contributed by atoms with Crippen LogP contribution in [-0.2, 0) is 16.0 Å². The van der Waals surface area contributed by atoms with E-state index in [1.54, 1.807) is 24.3 Å². The van der Waals surface area contributed by atoms with Gasteiger partial charge in [-0.3, -0.25) is 10.1 Å². The van der Waals surface area contributed by atoms with Gasteiger partial charge in [-0.1, -0.05) is 32.0 Å². The van der Waals surface area contributed by atoms with Crippen molar-refractivity contribution in [3.63, 3.8) is 0 Å². The van der Waals surface area contributed by atoms with Crippen LogP contribution in [0.25, 0.3) is 0 Å². The predicted molar refractivity (Wildman–Crippen MR) is 106 cm³/mol. The van der Waals surface area contributed by atoms with E-state index >= 15 is 0 Å². The number of anilines is 2. The quantitative estimate of drug-likeness (QED) is 0.719. The normalized spacial score (nSPS) is 10.4. The van der Waals surface area contributed by atoms with Crippen LogP contribution in [0.3, 0.4) is 0 Å². The Labute approximate surface area is 159 Å². The number of amides is 2. The second-order valence-electron chi connectivity index (χ2n) is 6.50. The van der Waals surface area contributed by atoms with E-state index in [0.717, 1.165) is 11.3 Å². The minimum Gasteiger partial charge on any atom is -0.494 e. The molecule has 0 aliphatic heterocycles. The van der Waals surface area contributed by atoms with E-state index < -0.39 is 6.09 Å². The van der Waals surface area contributed by atoms with Gasteiger partial charge < -0.3 is 14.8 Å². The SMILES string of the molecule is CCOc1ccc(CC(=O)Nc2cccc(NC(=O)OCC(C)C)c2)cc1. The van der Waals surface area contributed by atoms with Gasteiger partial charge in [0.25, 0.3) is 0 Å². The minimum absolute atomic E-state index is 0.140. The van der Waals surface area contributed by atoms with Crippen molar-refractivity contribution < 1.29 is 19.1 Å². The van der Waals surface area contributed by atoms with E-state index in [-0.39, 0.29) is 18.2 Å². The molecular formula is C21H26N2O4. The number of carbonyl (C=O) groups excluding carboxylic acids is 2. The minimum atomic E-state index is -0.512. The zero-order valence-corrected chi connectivity index (χ0v) is 16.0. The van der Waals surface area contributed by atoms with Crippen LogP contribution in [0.2, 0.25) is 0 Å². The highest BCUT2D eigenvalue weighted by Crippen LogP contribution is 2.17. The molecule has 0 saturated carbocycles. The molecule has 144 valence electrons. The first-order valence-electron chi connectivity index (χ1n) is 9.01. The molecule has 0 fully saturated rings. The maximum absolute atomic E-state index is 12.2. The summed E-state index contributed by atoms with van der Waals surface area (Å²) in [6.45, 7) is 6.82. The number of carbonyl (C=O) groups is 2. The Kier molecular flexibility index (Phi) is 7.67. The van der Waals surface area contributed by atoms with Gasteiger partial charge in [-0.25, -0.2) is 4.79 Å². The van der Waals surface area contributed by atoms with Gasteiger partial charge in [-0.2, -0.15) is 0 Å². The zero-order chi connectivity index (χ0) is 19.6. The van der Waals surface area contributed by atoms with Crippen molar-refractivity contribution in [2.24, 2.45) is 5.92 Å². The van der Waals surface area contributed by atoms with Crippen LogP contribution in [0.5, 0.6) is 5.75 Å². The fourth-order valence-electron chi connectivity index (χ4n) is 2.33. The van der Waals surface area contributed by atoms with E-state index in [4.69, 9.17) is 9.47 Å². The Morgan fingerprint density at radius 1 is 1.00 bits per heavy atom. The van der Waals surface area contributed by atoms with Crippen LogP contribution >= 0.6 is 0 Å². The third-order valence-electron chi connectivity index (χ3n) is 3.54. The summed E-state index contributed by atoms with van der Waals surface area (Å²) in [7, 11) is 0. The molecule has 0 radical (unpaired) electrons. The largest absolute Gasteiger partial charge is 0.494 e. The number of hydrogen-bond donors (Lipinski definition) is 2. The van der Waals surface area contributed by atoms with Gasteiger partial charge in [-0.05, 0) is 48.7 Å². The van der Waals surface area contributed by atoms with Crippen LogP contribution in [0.1, 0.15) is 26.3 Å². The van der Waals surface area contributed by atoms with Crippen LogP contribution < -0.4 is 15.4 Å². The Balaban J connectivity index is 1.89. The van der Waals surface area contributed by atoms with E-state index in [1.807, 2.05) is 45.0 Å². The standard InChI is InChI=1S/C21H26N2O4/c1-4-26-19-10-8-16(9-11-19)12-20(24)22-17-6-5-7-18(13-17)23-21(25)27-14-15(2)3/h5-11,13,15H,4,12,14H2,1-3H3,(H,22,24)(H,23,25). The lowest BCUT2D eigenvalue weighted by molar-refractivity contribution is -0.115. The highest BCUT2D eigenvalue weighted by Gasteiger charge is 2.08. The third kappa shape index (κ3) is 7.40. The number of rotatable bonds is 8. The number of nitrogens with one attached hydrogen (secondary N) is 2. The number of benzene rings is 2. The number of hydrogen-bond acceptors (Lipinski definition) is 4. The Bertz CT molecular complexity index is 757. The van der Waals surface area contributed by atoms with Gasteiger partial charge in [0.15, 0.2) is 0 Å². The van der Waals surface area contributed by atoms with Crippen LogP contribution in [0.4, 0.5) is 16.2 Å². The van der Waals surface area contributed by atoms with Crippen molar-refractivity contribution in [1.82, 2.24) is 0 Å². The van der Waals surface area contributed by atoms with E-state index in [9.17, 15) is 9.59 Å². The fourth-order valence-corrected chi connectivity index (χ4v) is 2.33. The summed E-state index contributed by atoms with van der Waals surface area (Å²) in [5.41, 5.74) is 2.05. The van der Waals surface area contributed by atoms with Crippen molar-refractivity contribution in [3.8, 4) is 5.75 Å². The van der Waals surface area contributed by atoms with Crippen LogP contribution in [0.15, 0.2) is 48.5 Å². The lowest BCUT2D eigenvalue weighted by Crippen LogP contribution is -2.17. The topological polar surface area (TPSA) is 76.7 Å². The molecule has 0 unspecified atom stereocenters. The van der Waals surface area contributed by atoms with Gasteiger partial charge in [0.2, 0.25) is 5.91 Å². The first-order chi connectivity index (χ1) is 13.0. The average molecular weight is 370 g/mol. The van der Waals surface area contributed by atoms with Gasteiger partial charge >= 0.3 is 6.09 Å². The summed E-state index contributed by atoms with van der Waals surface area (Å²) >= 11 is 0. The maximum atomic E-state index is 12.2. The predicted octanol–water partition coefficient (Wildman–Crippen LogP) is 4.47. The highest BCUT2D eigenvalue weighted by atomic mass is 16.5. The Hall–Kier alpha value is -3.02. The first kappa shape index (κ1) is 20.3. The monoisotopic (exact) mass is 370 g/mol. The van der Waals surface area contributed by atoms with Crippen molar-refractivity contribution >= 4 is 23.4 Å². The molecule has 0 aromatic heterocycles. The average Bonchev–Trinajstić information content (AvgIpc) is 2.62. The molecule has 6 heteroatoms. The maximum Gasteiger partial charge on any atom is 0.411 e. The second-order valence-corrected chi connectivity index (χ2v) is 6.50. The molecule has 2 amide bonds. The molecule has 6 nitrogen and oxygen atoms in total. The fraction of sp³-hybridized carbons (Fsp3) is 0.333.